The molecular weight excluding hydrogens is 324 g/mol. The van der Waals surface area contributed by atoms with E-state index in [1.807, 2.05) is 13.0 Å². The van der Waals surface area contributed by atoms with Crippen LogP contribution in [0.3, 0.4) is 0 Å². The summed E-state index contributed by atoms with van der Waals surface area (Å²) in [5.74, 6) is 0.267. The molecule has 0 radical (unpaired) electrons. The maximum absolute atomic E-state index is 12.1. The number of fused-ring (bicyclic) bond motifs is 1. The molecule has 1 aromatic heterocycles. The van der Waals surface area contributed by atoms with Crippen molar-refractivity contribution >= 4 is 40.4 Å². The number of amides is 2. The van der Waals surface area contributed by atoms with Gasteiger partial charge in [0.05, 0.1) is 20.9 Å². The molecule has 3 rings (SSSR count). The Morgan fingerprint density at radius 1 is 1.41 bits per heavy atom. The van der Waals surface area contributed by atoms with Crippen molar-refractivity contribution in [2.75, 3.05) is 11.9 Å². The summed E-state index contributed by atoms with van der Waals surface area (Å²) in [7, 11) is 0. The number of carbonyl (C=O) groups is 2. The van der Waals surface area contributed by atoms with Crippen molar-refractivity contribution < 1.29 is 14.3 Å². The summed E-state index contributed by atoms with van der Waals surface area (Å²) in [5.41, 5.74) is 1.49. The highest BCUT2D eigenvalue weighted by atomic mass is 35.5. The Bertz CT molecular complexity index is 744. The van der Waals surface area contributed by atoms with Gasteiger partial charge in [-0.2, -0.15) is 0 Å². The molecule has 2 N–H and O–H groups in total. The highest BCUT2D eigenvalue weighted by Crippen LogP contribution is 2.30. The first-order chi connectivity index (χ1) is 10.5. The molecule has 1 aliphatic rings. The van der Waals surface area contributed by atoms with E-state index in [1.54, 1.807) is 24.3 Å². The zero-order valence-corrected chi connectivity index (χ0v) is 13.3. The quantitative estimate of drug-likeness (QED) is 0.904. The molecule has 2 amide bonds. The summed E-state index contributed by atoms with van der Waals surface area (Å²) in [6, 6.07) is 8.63. The van der Waals surface area contributed by atoms with Crippen LogP contribution < -0.4 is 15.4 Å². The Morgan fingerprint density at radius 2 is 2.23 bits per heavy atom. The minimum Gasteiger partial charge on any atom is -0.482 e. The second-order valence-corrected chi connectivity index (χ2v) is 6.61. The van der Waals surface area contributed by atoms with E-state index in [1.165, 1.54) is 11.3 Å². The molecule has 0 spiro atoms. The summed E-state index contributed by atoms with van der Waals surface area (Å²) in [6.07, 6.45) is 0. The number of ether oxygens (including phenoxy) is 1. The second-order valence-electron chi connectivity index (χ2n) is 4.89. The molecule has 2 heterocycles. The summed E-state index contributed by atoms with van der Waals surface area (Å²) in [5, 5.41) is 5.65. The van der Waals surface area contributed by atoms with Crippen molar-refractivity contribution in [3.63, 3.8) is 0 Å². The number of benzene rings is 1. The zero-order chi connectivity index (χ0) is 15.7. The standard InChI is InChI=1S/C15H13ClN2O3S/c1-8(17-15(20)12-4-5-13(16)22-12)9-2-3-11-10(6-9)18-14(19)7-21-11/h2-6,8H,7H2,1H3,(H,17,20)(H,18,19). The number of anilines is 1. The maximum atomic E-state index is 12.1. The van der Waals surface area contributed by atoms with Crippen LogP contribution in [0, 0.1) is 0 Å². The fourth-order valence-corrected chi connectivity index (χ4v) is 3.10. The Labute approximate surface area is 136 Å². The number of hydrogen-bond donors (Lipinski definition) is 2. The molecule has 7 heteroatoms. The van der Waals surface area contributed by atoms with E-state index >= 15 is 0 Å². The third-order valence-electron chi connectivity index (χ3n) is 3.28. The first-order valence-electron chi connectivity index (χ1n) is 6.66. The van der Waals surface area contributed by atoms with Gasteiger partial charge in [0.1, 0.15) is 5.75 Å². The van der Waals surface area contributed by atoms with Crippen molar-refractivity contribution in [1.29, 1.82) is 0 Å². The molecule has 0 bridgehead atoms. The Kier molecular flexibility index (Phi) is 4.04. The van der Waals surface area contributed by atoms with Crippen LogP contribution in [0.5, 0.6) is 5.75 Å². The first kappa shape index (κ1) is 14.9. The lowest BCUT2D eigenvalue weighted by Crippen LogP contribution is -2.27. The SMILES string of the molecule is CC(NC(=O)c1ccc(Cl)s1)c1ccc2c(c1)NC(=O)CO2. The molecule has 114 valence electrons. The van der Waals surface area contributed by atoms with Gasteiger partial charge in [-0.15, -0.1) is 11.3 Å². The number of halogens is 1. The van der Waals surface area contributed by atoms with Crippen LogP contribution in [-0.4, -0.2) is 18.4 Å². The average Bonchev–Trinajstić information content (AvgIpc) is 2.93. The minimum absolute atomic E-state index is 0.0256. The number of rotatable bonds is 3. The van der Waals surface area contributed by atoms with Gasteiger partial charge in [0.25, 0.3) is 11.8 Å². The van der Waals surface area contributed by atoms with Crippen LogP contribution in [0.4, 0.5) is 5.69 Å². The molecule has 5 nitrogen and oxygen atoms in total. The van der Waals surface area contributed by atoms with Gasteiger partial charge in [-0.1, -0.05) is 17.7 Å². The number of nitrogens with one attached hydrogen (secondary N) is 2. The fourth-order valence-electron chi connectivity index (χ4n) is 2.16. The molecule has 0 saturated heterocycles. The zero-order valence-electron chi connectivity index (χ0n) is 11.7. The molecular formula is C15H13ClN2O3S. The highest BCUT2D eigenvalue weighted by molar-refractivity contribution is 7.17. The van der Waals surface area contributed by atoms with Gasteiger partial charge < -0.3 is 15.4 Å². The molecule has 2 aromatic rings. The second kappa shape index (κ2) is 5.98. The van der Waals surface area contributed by atoms with Crippen LogP contribution >= 0.6 is 22.9 Å². The molecule has 1 atom stereocenters. The van der Waals surface area contributed by atoms with Crippen LogP contribution in [0.15, 0.2) is 30.3 Å². The van der Waals surface area contributed by atoms with Crippen molar-refractivity contribution in [3.8, 4) is 5.75 Å². The van der Waals surface area contributed by atoms with Crippen LogP contribution in [0.1, 0.15) is 28.2 Å². The predicted molar refractivity (Wildman–Crippen MR) is 85.8 cm³/mol. The lowest BCUT2D eigenvalue weighted by atomic mass is 10.1. The highest BCUT2D eigenvalue weighted by Gasteiger charge is 2.19. The van der Waals surface area contributed by atoms with E-state index < -0.39 is 0 Å². The molecule has 0 fully saturated rings. The van der Waals surface area contributed by atoms with Crippen molar-refractivity contribution in [2.24, 2.45) is 0 Å². The van der Waals surface area contributed by atoms with E-state index in [4.69, 9.17) is 16.3 Å². The van der Waals surface area contributed by atoms with E-state index in [0.29, 0.717) is 20.7 Å². The number of carbonyl (C=O) groups excluding carboxylic acids is 2. The van der Waals surface area contributed by atoms with E-state index in [2.05, 4.69) is 10.6 Å². The fraction of sp³-hybridized carbons (Fsp3) is 0.200. The van der Waals surface area contributed by atoms with Gasteiger partial charge >= 0.3 is 0 Å². The smallest absolute Gasteiger partial charge is 0.262 e. The van der Waals surface area contributed by atoms with Crippen LogP contribution in [0.25, 0.3) is 0 Å². The van der Waals surface area contributed by atoms with Crippen LogP contribution in [-0.2, 0) is 4.79 Å². The van der Waals surface area contributed by atoms with Crippen LogP contribution in [0.2, 0.25) is 4.34 Å². The van der Waals surface area contributed by atoms with Crippen molar-refractivity contribution in [2.45, 2.75) is 13.0 Å². The molecule has 0 aliphatic carbocycles. The average molecular weight is 337 g/mol. The molecule has 1 aromatic carbocycles. The minimum atomic E-state index is -0.211. The van der Waals surface area contributed by atoms with Crippen molar-refractivity contribution in [3.05, 3.63) is 45.1 Å². The van der Waals surface area contributed by atoms with Gasteiger partial charge in [0.2, 0.25) is 0 Å². The summed E-state index contributed by atoms with van der Waals surface area (Å²) >= 11 is 7.07. The summed E-state index contributed by atoms with van der Waals surface area (Å²) < 4.78 is 5.89. The number of hydrogen-bond acceptors (Lipinski definition) is 4. The van der Waals surface area contributed by atoms with Gasteiger partial charge in [0, 0.05) is 0 Å². The largest absolute Gasteiger partial charge is 0.482 e. The van der Waals surface area contributed by atoms with E-state index in [9.17, 15) is 9.59 Å². The predicted octanol–water partition coefficient (Wildman–Crippen LogP) is 3.22. The third-order valence-corrected chi connectivity index (χ3v) is 4.51. The Balaban J connectivity index is 1.75. The molecule has 0 saturated carbocycles. The summed E-state index contributed by atoms with van der Waals surface area (Å²) in [6.45, 7) is 1.90. The van der Waals surface area contributed by atoms with Crippen molar-refractivity contribution in [1.82, 2.24) is 5.32 Å². The third kappa shape index (κ3) is 3.08. The molecule has 1 aliphatic heterocycles. The molecule has 1 unspecified atom stereocenters. The Morgan fingerprint density at radius 3 is 2.95 bits per heavy atom. The van der Waals surface area contributed by atoms with Gasteiger partial charge in [-0.25, -0.2) is 0 Å². The van der Waals surface area contributed by atoms with E-state index in [-0.39, 0.29) is 24.5 Å². The molecule has 22 heavy (non-hydrogen) atoms. The maximum Gasteiger partial charge on any atom is 0.262 e. The topological polar surface area (TPSA) is 67.4 Å². The van der Waals surface area contributed by atoms with Gasteiger partial charge in [0.15, 0.2) is 6.61 Å². The monoisotopic (exact) mass is 336 g/mol. The van der Waals surface area contributed by atoms with E-state index in [0.717, 1.165) is 5.56 Å². The Hall–Kier alpha value is -2.05. The lowest BCUT2D eigenvalue weighted by Gasteiger charge is -2.20. The lowest BCUT2D eigenvalue weighted by molar-refractivity contribution is -0.118. The normalized spacial score (nSPS) is 14.5. The first-order valence-corrected chi connectivity index (χ1v) is 7.85. The van der Waals surface area contributed by atoms with Gasteiger partial charge in [-0.3, -0.25) is 9.59 Å². The summed E-state index contributed by atoms with van der Waals surface area (Å²) in [4.78, 5) is 24.0. The number of thiophene rings is 1. The van der Waals surface area contributed by atoms with Gasteiger partial charge in [-0.05, 0) is 36.8 Å².